The third kappa shape index (κ3) is 2.13. The SMILES string of the molecule is COc1cc(CC[NH3+])ccc1Cl. The van der Waals surface area contributed by atoms with Crippen LogP contribution in [0.15, 0.2) is 18.2 Å². The fourth-order valence-electron chi connectivity index (χ4n) is 1.06. The molecule has 1 aromatic rings. The van der Waals surface area contributed by atoms with Crippen LogP contribution in [0.1, 0.15) is 5.56 Å². The number of halogens is 1. The first-order chi connectivity index (χ1) is 5.77. The predicted octanol–water partition coefficient (Wildman–Crippen LogP) is 1.13. The zero-order chi connectivity index (χ0) is 8.97. The summed E-state index contributed by atoms with van der Waals surface area (Å²) in [7, 11) is 1.62. The van der Waals surface area contributed by atoms with Crippen LogP contribution in [0.25, 0.3) is 0 Å². The van der Waals surface area contributed by atoms with E-state index in [0.717, 1.165) is 18.7 Å². The van der Waals surface area contributed by atoms with Crippen LogP contribution < -0.4 is 10.5 Å². The van der Waals surface area contributed by atoms with Gasteiger partial charge >= 0.3 is 0 Å². The molecule has 3 heteroatoms. The van der Waals surface area contributed by atoms with Crippen molar-refractivity contribution in [1.29, 1.82) is 0 Å². The van der Waals surface area contributed by atoms with Gasteiger partial charge in [0.2, 0.25) is 0 Å². The van der Waals surface area contributed by atoms with Gasteiger partial charge in [-0.15, -0.1) is 0 Å². The van der Waals surface area contributed by atoms with Crippen molar-refractivity contribution in [2.24, 2.45) is 0 Å². The molecule has 0 bridgehead atoms. The fraction of sp³-hybridized carbons (Fsp3) is 0.333. The molecule has 12 heavy (non-hydrogen) atoms. The number of quaternary nitrogens is 1. The van der Waals surface area contributed by atoms with Gasteiger partial charge in [-0.05, 0) is 17.7 Å². The topological polar surface area (TPSA) is 36.9 Å². The molecule has 0 amide bonds. The first kappa shape index (κ1) is 9.36. The normalized spacial score (nSPS) is 9.92. The molecule has 0 aliphatic carbocycles. The molecule has 0 spiro atoms. The summed E-state index contributed by atoms with van der Waals surface area (Å²) in [5, 5.41) is 0.658. The minimum absolute atomic E-state index is 0.658. The highest BCUT2D eigenvalue weighted by Crippen LogP contribution is 2.24. The average Bonchev–Trinajstić information content (AvgIpc) is 2.09. The minimum atomic E-state index is 0.658. The minimum Gasteiger partial charge on any atom is -0.495 e. The summed E-state index contributed by atoms with van der Waals surface area (Å²) in [5.41, 5.74) is 5.00. The lowest BCUT2D eigenvalue weighted by atomic mass is 10.1. The molecular formula is C9H13ClNO+. The zero-order valence-electron chi connectivity index (χ0n) is 7.14. The van der Waals surface area contributed by atoms with Crippen molar-refractivity contribution in [2.45, 2.75) is 6.42 Å². The molecular weight excluding hydrogens is 174 g/mol. The molecule has 0 aliphatic heterocycles. The maximum absolute atomic E-state index is 5.86. The molecule has 0 saturated carbocycles. The van der Waals surface area contributed by atoms with Gasteiger partial charge in [0.05, 0.1) is 18.7 Å². The Morgan fingerprint density at radius 1 is 1.50 bits per heavy atom. The smallest absolute Gasteiger partial charge is 0.137 e. The van der Waals surface area contributed by atoms with Crippen molar-refractivity contribution in [3.8, 4) is 5.75 Å². The van der Waals surface area contributed by atoms with Crippen LogP contribution in [0, 0.1) is 0 Å². The highest BCUT2D eigenvalue weighted by Gasteiger charge is 2.00. The molecule has 3 N–H and O–H groups in total. The predicted molar refractivity (Wildman–Crippen MR) is 49.5 cm³/mol. The van der Waals surface area contributed by atoms with Gasteiger partial charge in [0.15, 0.2) is 0 Å². The fourth-order valence-corrected chi connectivity index (χ4v) is 1.26. The monoisotopic (exact) mass is 186 g/mol. The highest BCUT2D eigenvalue weighted by molar-refractivity contribution is 6.32. The van der Waals surface area contributed by atoms with Gasteiger partial charge in [0.25, 0.3) is 0 Å². The van der Waals surface area contributed by atoms with E-state index < -0.39 is 0 Å². The molecule has 1 aromatic carbocycles. The standard InChI is InChI=1S/C9H12ClNO/c1-12-9-6-7(4-5-11)2-3-8(9)10/h2-3,6H,4-5,11H2,1H3/p+1. The largest absolute Gasteiger partial charge is 0.495 e. The first-order valence-electron chi connectivity index (χ1n) is 3.89. The van der Waals surface area contributed by atoms with E-state index in [1.54, 1.807) is 7.11 Å². The van der Waals surface area contributed by atoms with Gasteiger partial charge in [-0.3, -0.25) is 0 Å². The Morgan fingerprint density at radius 3 is 2.83 bits per heavy atom. The van der Waals surface area contributed by atoms with E-state index in [0.29, 0.717) is 5.02 Å². The van der Waals surface area contributed by atoms with Gasteiger partial charge < -0.3 is 10.5 Å². The maximum Gasteiger partial charge on any atom is 0.137 e. The molecule has 0 aliphatic rings. The third-order valence-corrected chi connectivity index (χ3v) is 1.99. The van der Waals surface area contributed by atoms with Crippen LogP contribution in [0.3, 0.4) is 0 Å². The maximum atomic E-state index is 5.86. The summed E-state index contributed by atoms with van der Waals surface area (Å²) in [5.74, 6) is 0.739. The van der Waals surface area contributed by atoms with Gasteiger partial charge in [-0.2, -0.15) is 0 Å². The van der Waals surface area contributed by atoms with Crippen LogP contribution in [0.4, 0.5) is 0 Å². The second-order valence-corrected chi connectivity index (χ2v) is 2.98. The molecule has 0 unspecified atom stereocenters. The Morgan fingerprint density at radius 2 is 2.25 bits per heavy atom. The lowest BCUT2D eigenvalue weighted by Crippen LogP contribution is -2.51. The second-order valence-electron chi connectivity index (χ2n) is 2.57. The van der Waals surface area contributed by atoms with Crippen LogP contribution in [-0.2, 0) is 6.42 Å². The third-order valence-electron chi connectivity index (χ3n) is 1.68. The van der Waals surface area contributed by atoms with Gasteiger partial charge in [-0.25, -0.2) is 0 Å². The molecule has 0 fully saturated rings. The molecule has 0 saturated heterocycles. The van der Waals surface area contributed by atoms with Crippen LogP contribution in [-0.4, -0.2) is 13.7 Å². The van der Waals surface area contributed by atoms with Crippen molar-refractivity contribution in [3.05, 3.63) is 28.8 Å². The number of hydrogen-bond donors (Lipinski definition) is 1. The number of rotatable bonds is 3. The summed E-state index contributed by atoms with van der Waals surface area (Å²) in [6.07, 6.45) is 0.966. The quantitative estimate of drug-likeness (QED) is 0.755. The Kier molecular flexibility index (Phi) is 3.38. The van der Waals surface area contributed by atoms with Crippen molar-refractivity contribution < 1.29 is 10.5 Å². The van der Waals surface area contributed by atoms with E-state index in [1.807, 2.05) is 18.2 Å². The van der Waals surface area contributed by atoms with Crippen LogP contribution in [0.2, 0.25) is 5.02 Å². The first-order valence-corrected chi connectivity index (χ1v) is 4.27. The van der Waals surface area contributed by atoms with Gasteiger partial charge in [0.1, 0.15) is 5.75 Å². The second kappa shape index (κ2) is 4.33. The highest BCUT2D eigenvalue weighted by atomic mass is 35.5. The van der Waals surface area contributed by atoms with E-state index >= 15 is 0 Å². The molecule has 66 valence electrons. The number of ether oxygens (including phenoxy) is 1. The Bertz CT molecular complexity index is 263. The summed E-state index contributed by atoms with van der Waals surface area (Å²) >= 11 is 5.86. The number of hydrogen-bond acceptors (Lipinski definition) is 1. The summed E-state index contributed by atoms with van der Waals surface area (Å²) in [4.78, 5) is 0. The lowest BCUT2D eigenvalue weighted by Gasteiger charge is -2.04. The molecule has 0 atom stereocenters. The van der Waals surface area contributed by atoms with Crippen LogP contribution >= 0.6 is 11.6 Å². The molecule has 1 rings (SSSR count). The lowest BCUT2D eigenvalue weighted by molar-refractivity contribution is -0.366. The van der Waals surface area contributed by atoms with Gasteiger partial charge in [-0.1, -0.05) is 17.7 Å². The van der Waals surface area contributed by atoms with Crippen molar-refractivity contribution >= 4 is 11.6 Å². The molecule has 2 nitrogen and oxygen atoms in total. The Labute approximate surface area is 77.3 Å². The van der Waals surface area contributed by atoms with Crippen molar-refractivity contribution in [1.82, 2.24) is 0 Å². The molecule has 0 radical (unpaired) electrons. The van der Waals surface area contributed by atoms with Gasteiger partial charge in [0, 0.05) is 6.42 Å². The summed E-state index contributed by atoms with van der Waals surface area (Å²) in [6, 6.07) is 5.80. The summed E-state index contributed by atoms with van der Waals surface area (Å²) in [6.45, 7) is 0.894. The zero-order valence-corrected chi connectivity index (χ0v) is 7.90. The van der Waals surface area contributed by atoms with E-state index in [1.165, 1.54) is 5.56 Å². The summed E-state index contributed by atoms with van der Waals surface area (Å²) < 4.78 is 5.08. The van der Waals surface area contributed by atoms with Crippen LogP contribution in [0.5, 0.6) is 5.75 Å². The molecule has 0 heterocycles. The van der Waals surface area contributed by atoms with Crippen molar-refractivity contribution in [3.63, 3.8) is 0 Å². The Balaban J connectivity index is 2.89. The van der Waals surface area contributed by atoms with E-state index in [4.69, 9.17) is 16.3 Å². The Hall–Kier alpha value is -0.730. The van der Waals surface area contributed by atoms with E-state index in [9.17, 15) is 0 Å². The van der Waals surface area contributed by atoms with Crippen molar-refractivity contribution in [2.75, 3.05) is 13.7 Å². The molecule has 0 aromatic heterocycles. The van der Waals surface area contributed by atoms with E-state index in [-0.39, 0.29) is 0 Å². The average molecular weight is 187 g/mol. The van der Waals surface area contributed by atoms with E-state index in [2.05, 4.69) is 5.73 Å². The number of methoxy groups -OCH3 is 1. The number of benzene rings is 1.